The maximum atomic E-state index is 13.2. The van der Waals surface area contributed by atoms with Crippen LogP contribution in [0.3, 0.4) is 0 Å². The van der Waals surface area contributed by atoms with Gasteiger partial charge in [-0.15, -0.1) is 23.5 Å². The standard InChI is InChI=1S/C27H28N4O10S2/c32-22(28-20(26(34)35)14-42-24(28)16-6-4-8-18(12-16)30(38)39)10-2-1-3-11-23(33)29-21(27(36)37)15-43-25(29)17-7-5-9-19(13-17)31(40)41/h4-9,12-13,20-21,24-25H,1-3,10-11,14-15H2,(H,34,35)(H,36,37)/t20-,21-,24?,25?/m0/s1. The number of nitrogens with zero attached hydrogens (tertiary/aromatic N) is 4. The molecule has 2 fully saturated rings. The molecule has 2 saturated heterocycles. The summed E-state index contributed by atoms with van der Waals surface area (Å²) in [4.78, 5) is 73.9. The van der Waals surface area contributed by atoms with E-state index in [-0.39, 0.29) is 35.7 Å². The molecule has 2 N–H and O–H groups in total. The van der Waals surface area contributed by atoms with Crippen molar-refractivity contribution in [1.82, 2.24) is 9.80 Å². The van der Waals surface area contributed by atoms with Gasteiger partial charge in [0.15, 0.2) is 0 Å². The Morgan fingerprint density at radius 1 is 0.721 bits per heavy atom. The van der Waals surface area contributed by atoms with Gasteiger partial charge in [-0.2, -0.15) is 0 Å². The third-order valence-corrected chi connectivity index (χ3v) is 9.81. The lowest BCUT2D eigenvalue weighted by molar-refractivity contribution is -0.385. The fourth-order valence-corrected chi connectivity index (χ4v) is 7.95. The molecule has 0 spiro atoms. The fraction of sp³-hybridized carbons (Fsp3) is 0.407. The highest BCUT2D eigenvalue weighted by Gasteiger charge is 2.43. The second kappa shape index (κ2) is 13.9. The number of nitro groups is 2. The first-order valence-corrected chi connectivity index (χ1v) is 15.4. The summed E-state index contributed by atoms with van der Waals surface area (Å²) >= 11 is 2.44. The van der Waals surface area contributed by atoms with E-state index in [1.165, 1.54) is 69.7 Å². The van der Waals surface area contributed by atoms with Gasteiger partial charge < -0.3 is 20.0 Å². The van der Waals surface area contributed by atoms with Crippen molar-refractivity contribution in [2.24, 2.45) is 0 Å². The summed E-state index contributed by atoms with van der Waals surface area (Å²) in [5.74, 6) is -2.93. The average Bonchev–Trinajstić information content (AvgIpc) is 3.63. The molecule has 0 bridgehead atoms. The van der Waals surface area contributed by atoms with Crippen LogP contribution in [0.2, 0.25) is 0 Å². The van der Waals surface area contributed by atoms with E-state index in [0.717, 1.165) is 0 Å². The van der Waals surface area contributed by atoms with Crippen LogP contribution in [0, 0.1) is 20.2 Å². The summed E-state index contributed by atoms with van der Waals surface area (Å²) in [5.41, 5.74) is 0.583. The smallest absolute Gasteiger partial charge is 0.327 e. The predicted molar refractivity (Wildman–Crippen MR) is 156 cm³/mol. The number of thioether (sulfide) groups is 2. The molecule has 2 aromatic carbocycles. The van der Waals surface area contributed by atoms with Crippen LogP contribution in [-0.2, 0) is 19.2 Å². The van der Waals surface area contributed by atoms with Gasteiger partial charge >= 0.3 is 11.9 Å². The number of hydrogen-bond donors (Lipinski definition) is 2. The molecule has 2 unspecified atom stereocenters. The first kappa shape index (κ1) is 31.7. The van der Waals surface area contributed by atoms with Crippen LogP contribution in [0.5, 0.6) is 0 Å². The molecule has 2 heterocycles. The Bertz CT molecular complexity index is 1330. The van der Waals surface area contributed by atoms with E-state index in [1.807, 2.05) is 0 Å². The Morgan fingerprint density at radius 3 is 1.47 bits per heavy atom. The summed E-state index contributed by atoms with van der Waals surface area (Å²) in [5, 5.41) is 40.4. The molecule has 4 atom stereocenters. The quantitative estimate of drug-likeness (QED) is 0.192. The van der Waals surface area contributed by atoms with Crippen LogP contribution in [0.15, 0.2) is 48.5 Å². The number of non-ortho nitro benzene ring substituents is 2. The molecule has 0 aromatic heterocycles. The number of hydrogen-bond acceptors (Lipinski definition) is 10. The van der Waals surface area contributed by atoms with Crippen LogP contribution < -0.4 is 0 Å². The summed E-state index contributed by atoms with van der Waals surface area (Å²) in [6.07, 6.45) is 1.10. The van der Waals surface area contributed by atoms with Crippen molar-refractivity contribution in [1.29, 1.82) is 0 Å². The first-order valence-electron chi connectivity index (χ1n) is 13.3. The van der Waals surface area contributed by atoms with Gasteiger partial charge in [0.1, 0.15) is 22.8 Å². The zero-order chi connectivity index (χ0) is 31.3. The van der Waals surface area contributed by atoms with Gasteiger partial charge in [-0.25, -0.2) is 9.59 Å². The van der Waals surface area contributed by atoms with Gasteiger partial charge in [-0.05, 0) is 24.0 Å². The summed E-state index contributed by atoms with van der Waals surface area (Å²) in [6, 6.07) is 9.31. The molecular weight excluding hydrogens is 604 g/mol. The van der Waals surface area contributed by atoms with E-state index >= 15 is 0 Å². The molecule has 2 aliphatic heterocycles. The van der Waals surface area contributed by atoms with Crippen LogP contribution in [-0.4, -0.2) is 77.2 Å². The number of benzene rings is 2. The number of carboxylic acid groups (broad SMARTS) is 2. The molecule has 2 amide bonds. The van der Waals surface area contributed by atoms with Crippen molar-refractivity contribution in [3.63, 3.8) is 0 Å². The van der Waals surface area contributed by atoms with Crippen molar-refractivity contribution in [3.8, 4) is 0 Å². The molecule has 43 heavy (non-hydrogen) atoms. The van der Waals surface area contributed by atoms with Gasteiger partial charge in [0, 0.05) is 48.6 Å². The maximum Gasteiger partial charge on any atom is 0.327 e. The highest BCUT2D eigenvalue weighted by molar-refractivity contribution is 8.00. The number of rotatable bonds is 12. The van der Waals surface area contributed by atoms with Crippen molar-refractivity contribution < 1.29 is 39.2 Å². The lowest BCUT2D eigenvalue weighted by atomic mass is 10.1. The molecule has 14 nitrogen and oxygen atoms in total. The molecule has 4 rings (SSSR count). The number of amides is 2. The van der Waals surface area contributed by atoms with E-state index in [9.17, 15) is 49.6 Å². The Morgan fingerprint density at radius 2 is 1.12 bits per heavy atom. The van der Waals surface area contributed by atoms with Gasteiger partial charge in [0.05, 0.1) is 9.85 Å². The lowest BCUT2D eigenvalue weighted by Gasteiger charge is -2.28. The number of aliphatic carboxylic acids is 2. The second-order valence-electron chi connectivity index (χ2n) is 9.95. The third-order valence-electron chi connectivity index (χ3n) is 7.16. The molecular formula is C27H28N4O10S2. The predicted octanol–water partition coefficient (Wildman–Crippen LogP) is 4.21. The number of carbonyl (C=O) groups excluding carboxylic acids is 2. The topological polar surface area (TPSA) is 201 Å². The Hall–Kier alpha value is -4.18. The summed E-state index contributed by atoms with van der Waals surface area (Å²) in [6.45, 7) is 0. The largest absolute Gasteiger partial charge is 0.480 e. The number of carbonyl (C=O) groups is 4. The first-order chi connectivity index (χ1) is 20.5. The van der Waals surface area contributed by atoms with Crippen LogP contribution in [0.1, 0.15) is 54.0 Å². The minimum absolute atomic E-state index is 0.00240. The van der Waals surface area contributed by atoms with Crippen LogP contribution >= 0.6 is 23.5 Å². The van der Waals surface area contributed by atoms with Crippen LogP contribution in [0.25, 0.3) is 0 Å². The minimum Gasteiger partial charge on any atom is -0.480 e. The van der Waals surface area contributed by atoms with Gasteiger partial charge in [0.2, 0.25) is 11.8 Å². The SMILES string of the molecule is O=C(O)[C@@H]1CSC(c2cccc([N+](=O)[O-])c2)N1C(=O)CCCCCC(=O)N1C(c2cccc([N+](=O)[O-])c2)SC[C@H]1C(=O)O. The van der Waals surface area contributed by atoms with Crippen molar-refractivity contribution in [2.75, 3.05) is 11.5 Å². The Kier molecular flexibility index (Phi) is 10.2. The summed E-state index contributed by atoms with van der Waals surface area (Å²) < 4.78 is 0. The van der Waals surface area contributed by atoms with Crippen molar-refractivity contribution in [2.45, 2.75) is 54.9 Å². The average molecular weight is 633 g/mol. The number of nitro benzene ring substituents is 2. The fourth-order valence-electron chi connectivity index (χ4n) is 5.09. The number of carboxylic acids is 2. The number of unbranched alkanes of at least 4 members (excludes halogenated alkanes) is 2. The zero-order valence-corrected chi connectivity index (χ0v) is 24.3. The monoisotopic (exact) mass is 632 g/mol. The molecule has 0 aliphatic carbocycles. The normalized spacial score (nSPS) is 21.5. The van der Waals surface area contributed by atoms with Crippen molar-refractivity contribution in [3.05, 3.63) is 79.9 Å². The molecule has 228 valence electrons. The minimum atomic E-state index is -1.17. The molecule has 0 radical (unpaired) electrons. The zero-order valence-electron chi connectivity index (χ0n) is 22.6. The Balaban J connectivity index is 1.36. The summed E-state index contributed by atoms with van der Waals surface area (Å²) in [7, 11) is 0. The van der Waals surface area contributed by atoms with Crippen LogP contribution in [0.4, 0.5) is 11.4 Å². The van der Waals surface area contributed by atoms with E-state index in [2.05, 4.69) is 0 Å². The third kappa shape index (κ3) is 7.25. The second-order valence-corrected chi connectivity index (χ2v) is 12.2. The van der Waals surface area contributed by atoms with E-state index in [4.69, 9.17) is 0 Å². The molecule has 2 aliphatic rings. The highest BCUT2D eigenvalue weighted by Crippen LogP contribution is 2.44. The van der Waals surface area contributed by atoms with E-state index in [0.29, 0.717) is 30.4 Å². The van der Waals surface area contributed by atoms with Gasteiger partial charge in [-0.1, -0.05) is 30.7 Å². The maximum absolute atomic E-state index is 13.2. The van der Waals surface area contributed by atoms with Gasteiger partial charge in [-0.3, -0.25) is 29.8 Å². The van der Waals surface area contributed by atoms with E-state index < -0.39 is 56.4 Å². The molecule has 16 heteroatoms. The molecule has 2 aromatic rings. The van der Waals surface area contributed by atoms with E-state index in [1.54, 1.807) is 12.1 Å². The lowest BCUT2D eigenvalue weighted by Crippen LogP contribution is -2.43. The van der Waals surface area contributed by atoms with Gasteiger partial charge in [0.25, 0.3) is 11.4 Å². The Labute approximate surface area is 253 Å². The molecule has 0 saturated carbocycles. The van der Waals surface area contributed by atoms with Crippen molar-refractivity contribution >= 4 is 58.7 Å². The highest BCUT2D eigenvalue weighted by atomic mass is 32.2.